The molecule has 3 heterocycles. The Morgan fingerprint density at radius 3 is 2.49 bits per heavy atom. The van der Waals surface area contributed by atoms with Crippen LogP contribution in [-0.4, -0.2) is 31.4 Å². The Morgan fingerprint density at radius 1 is 1.03 bits per heavy atom. The molecular formula is C21H12BrClN8O4. The molecule has 0 atom stereocenters. The predicted molar refractivity (Wildman–Crippen MR) is 132 cm³/mol. The minimum atomic E-state index is -0.517. The van der Waals surface area contributed by atoms with Gasteiger partial charge in [0.2, 0.25) is 11.3 Å². The number of furan rings is 1. The third kappa shape index (κ3) is 4.95. The van der Waals surface area contributed by atoms with Crippen LogP contribution >= 0.6 is 27.5 Å². The van der Waals surface area contributed by atoms with E-state index >= 15 is 0 Å². The average Bonchev–Trinajstić information content (AvgIpc) is 3.50. The highest BCUT2D eigenvalue weighted by molar-refractivity contribution is 9.10. The van der Waals surface area contributed by atoms with Gasteiger partial charge in [-0.1, -0.05) is 27.5 Å². The number of hydrazone groups is 1. The van der Waals surface area contributed by atoms with Gasteiger partial charge in [0.25, 0.3) is 5.69 Å². The van der Waals surface area contributed by atoms with Crippen LogP contribution in [-0.2, 0) is 0 Å². The fourth-order valence-corrected chi connectivity index (χ4v) is 3.55. The average molecular weight is 556 g/mol. The number of benzene rings is 2. The van der Waals surface area contributed by atoms with Crippen LogP contribution in [0.3, 0.4) is 0 Å². The standard InChI is InChI=1S/C21H12BrClN8O4/c22-11-1-3-12(4-2-11)25-18-19(27-21-20(26-18)29-35-30-21)28-24-10-14-6-8-17(34-14)15-7-5-13(31(32)33)9-16(15)23/h1-10H,(H,25,26,29)(H,27,28,30)/b24-10+. The first-order valence-electron chi connectivity index (χ1n) is 9.82. The Bertz CT molecular complexity index is 1570. The summed E-state index contributed by atoms with van der Waals surface area (Å²) in [6.45, 7) is 0. The van der Waals surface area contributed by atoms with E-state index in [0.29, 0.717) is 22.9 Å². The van der Waals surface area contributed by atoms with Crippen molar-refractivity contribution in [3.8, 4) is 11.3 Å². The van der Waals surface area contributed by atoms with E-state index in [2.05, 4.69) is 52.1 Å². The second kappa shape index (κ2) is 9.48. The second-order valence-electron chi connectivity index (χ2n) is 6.96. The van der Waals surface area contributed by atoms with Crippen LogP contribution in [0.2, 0.25) is 5.02 Å². The summed E-state index contributed by atoms with van der Waals surface area (Å²) >= 11 is 9.58. The van der Waals surface area contributed by atoms with Crippen LogP contribution in [0.5, 0.6) is 0 Å². The molecule has 0 bridgehead atoms. The maximum Gasteiger partial charge on any atom is 0.270 e. The number of non-ortho nitro benzene ring substituents is 1. The molecule has 174 valence electrons. The van der Waals surface area contributed by atoms with E-state index in [4.69, 9.17) is 20.6 Å². The minimum absolute atomic E-state index is 0.107. The first kappa shape index (κ1) is 22.4. The molecule has 2 aromatic carbocycles. The van der Waals surface area contributed by atoms with Gasteiger partial charge in [-0.25, -0.2) is 9.61 Å². The summed E-state index contributed by atoms with van der Waals surface area (Å²) in [6, 6.07) is 15.0. The lowest BCUT2D eigenvalue weighted by Crippen LogP contribution is -2.03. The van der Waals surface area contributed by atoms with E-state index in [9.17, 15) is 10.1 Å². The van der Waals surface area contributed by atoms with E-state index in [0.717, 1.165) is 10.2 Å². The SMILES string of the molecule is O=[N+]([O-])c1ccc(-c2ccc(/C=N/Nc3nc4nonc4nc3Nc3ccc(Br)cc3)o2)c(Cl)c1. The summed E-state index contributed by atoms with van der Waals surface area (Å²) in [6.07, 6.45) is 1.43. The summed E-state index contributed by atoms with van der Waals surface area (Å²) < 4.78 is 11.4. The Morgan fingerprint density at radius 2 is 1.77 bits per heavy atom. The number of anilines is 3. The quantitative estimate of drug-likeness (QED) is 0.143. The molecule has 14 heteroatoms. The molecule has 35 heavy (non-hydrogen) atoms. The fraction of sp³-hybridized carbons (Fsp3) is 0. The van der Waals surface area contributed by atoms with Gasteiger partial charge in [0.05, 0.1) is 16.2 Å². The lowest BCUT2D eigenvalue weighted by atomic mass is 10.1. The van der Waals surface area contributed by atoms with Crippen molar-refractivity contribution >= 4 is 68.1 Å². The first-order chi connectivity index (χ1) is 17.0. The number of fused-ring (bicyclic) bond motifs is 1. The normalized spacial score (nSPS) is 11.3. The van der Waals surface area contributed by atoms with E-state index in [1.807, 2.05) is 24.3 Å². The zero-order valence-corrected chi connectivity index (χ0v) is 19.7. The molecule has 0 aliphatic carbocycles. The van der Waals surface area contributed by atoms with Crippen LogP contribution in [0.15, 0.2) is 73.2 Å². The van der Waals surface area contributed by atoms with Crippen LogP contribution in [0.1, 0.15) is 5.76 Å². The Balaban J connectivity index is 1.36. The smallest absolute Gasteiger partial charge is 0.270 e. The maximum absolute atomic E-state index is 10.9. The van der Waals surface area contributed by atoms with Gasteiger partial charge >= 0.3 is 0 Å². The summed E-state index contributed by atoms with van der Waals surface area (Å²) in [5, 5.41) is 25.9. The Hall–Kier alpha value is -4.36. The largest absolute Gasteiger partial charge is 0.455 e. The number of nitro groups is 1. The van der Waals surface area contributed by atoms with Crippen molar-refractivity contribution < 1.29 is 14.0 Å². The van der Waals surface area contributed by atoms with Gasteiger partial charge in [0, 0.05) is 27.9 Å². The highest BCUT2D eigenvalue weighted by Crippen LogP contribution is 2.32. The zero-order valence-electron chi connectivity index (χ0n) is 17.3. The van der Waals surface area contributed by atoms with Gasteiger partial charge in [-0.05, 0) is 52.8 Å². The van der Waals surface area contributed by atoms with Gasteiger partial charge < -0.3 is 9.73 Å². The number of nitrogens with one attached hydrogen (secondary N) is 2. The molecular weight excluding hydrogens is 544 g/mol. The van der Waals surface area contributed by atoms with Gasteiger partial charge in [-0.2, -0.15) is 10.1 Å². The van der Waals surface area contributed by atoms with Crippen molar-refractivity contribution in [1.82, 2.24) is 20.3 Å². The molecule has 0 amide bonds. The van der Waals surface area contributed by atoms with Gasteiger partial charge in [0.1, 0.15) is 11.5 Å². The molecule has 0 aliphatic rings. The van der Waals surface area contributed by atoms with Gasteiger partial charge in [0.15, 0.2) is 11.6 Å². The number of rotatable bonds is 7. The lowest BCUT2D eigenvalue weighted by Gasteiger charge is -2.09. The first-order valence-corrected chi connectivity index (χ1v) is 11.0. The van der Waals surface area contributed by atoms with Crippen LogP contribution in [0.4, 0.5) is 23.0 Å². The topological polar surface area (TPSA) is 157 Å². The summed E-state index contributed by atoms with van der Waals surface area (Å²) in [5.74, 6) is 1.46. The number of nitrogens with zero attached hydrogens (tertiary/aromatic N) is 6. The predicted octanol–water partition coefficient (Wildman–Crippen LogP) is 5.79. The van der Waals surface area contributed by atoms with Crippen molar-refractivity contribution in [3.05, 3.63) is 80.0 Å². The fourth-order valence-electron chi connectivity index (χ4n) is 3.01. The van der Waals surface area contributed by atoms with Gasteiger partial charge in [-0.15, -0.1) is 0 Å². The molecule has 2 N–H and O–H groups in total. The van der Waals surface area contributed by atoms with Crippen LogP contribution in [0.25, 0.3) is 22.6 Å². The highest BCUT2D eigenvalue weighted by Gasteiger charge is 2.14. The zero-order chi connectivity index (χ0) is 24.4. The molecule has 0 unspecified atom stereocenters. The molecule has 0 saturated carbocycles. The molecule has 3 aromatic heterocycles. The molecule has 5 aromatic rings. The van der Waals surface area contributed by atoms with Gasteiger partial charge in [-0.3, -0.25) is 15.5 Å². The van der Waals surface area contributed by atoms with E-state index in [1.54, 1.807) is 12.1 Å². The third-order valence-corrected chi connectivity index (χ3v) is 5.48. The number of nitro benzene ring substituents is 1. The van der Waals surface area contributed by atoms with Crippen molar-refractivity contribution in [1.29, 1.82) is 0 Å². The molecule has 0 aliphatic heterocycles. The van der Waals surface area contributed by atoms with Crippen LogP contribution in [0, 0.1) is 10.1 Å². The molecule has 0 radical (unpaired) electrons. The molecule has 12 nitrogen and oxygen atoms in total. The second-order valence-corrected chi connectivity index (χ2v) is 8.28. The summed E-state index contributed by atoms with van der Waals surface area (Å²) in [5.41, 5.74) is 4.42. The summed E-state index contributed by atoms with van der Waals surface area (Å²) in [4.78, 5) is 19.1. The monoisotopic (exact) mass is 554 g/mol. The molecule has 0 fully saturated rings. The summed E-state index contributed by atoms with van der Waals surface area (Å²) in [7, 11) is 0. The minimum Gasteiger partial charge on any atom is -0.455 e. The third-order valence-electron chi connectivity index (χ3n) is 4.64. The molecule has 0 saturated heterocycles. The molecule has 0 spiro atoms. The molecule has 5 rings (SSSR count). The van der Waals surface area contributed by atoms with Crippen molar-refractivity contribution in [2.24, 2.45) is 5.10 Å². The van der Waals surface area contributed by atoms with E-state index < -0.39 is 4.92 Å². The Kier molecular flexibility index (Phi) is 6.08. The number of hydrogen-bond acceptors (Lipinski definition) is 11. The van der Waals surface area contributed by atoms with Crippen molar-refractivity contribution in [3.63, 3.8) is 0 Å². The number of hydrogen-bond donors (Lipinski definition) is 2. The maximum atomic E-state index is 10.9. The Labute approximate surface area is 209 Å². The number of aromatic nitrogens is 4. The van der Waals surface area contributed by atoms with Crippen molar-refractivity contribution in [2.45, 2.75) is 0 Å². The number of halogens is 2. The van der Waals surface area contributed by atoms with E-state index in [-0.39, 0.29) is 27.8 Å². The van der Waals surface area contributed by atoms with Crippen molar-refractivity contribution in [2.75, 3.05) is 10.7 Å². The highest BCUT2D eigenvalue weighted by atomic mass is 79.9. The lowest BCUT2D eigenvalue weighted by molar-refractivity contribution is -0.384. The van der Waals surface area contributed by atoms with Crippen LogP contribution < -0.4 is 10.7 Å². The van der Waals surface area contributed by atoms with E-state index in [1.165, 1.54) is 24.4 Å².